The van der Waals surface area contributed by atoms with E-state index in [-0.39, 0.29) is 12.1 Å². The Morgan fingerprint density at radius 3 is 2.64 bits per heavy atom. The number of amides is 2. The van der Waals surface area contributed by atoms with Crippen LogP contribution in [0.2, 0.25) is 0 Å². The number of likely N-dealkylation sites (N-methyl/N-ethyl adjacent to an activating group) is 1. The Morgan fingerprint density at radius 2 is 1.96 bits per heavy atom. The van der Waals surface area contributed by atoms with Crippen LogP contribution in [0.15, 0.2) is 47.8 Å². The molecular formula is C22H32N4OS. The molecule has 1 atom stereocenters. The standard InChI is InChI=1S/C22H32N4OS/c1-25-14-11-19(12-15-25)26(2)17-21(18-7-4-3-5-8-18)24-22(27)23-13-10-20-9-6-16-28-20/h3-9,16,19,21H,10-15,17H2,1-2H3,(H2,23,24,27). The van der Waals surface area contributed by atoms with E-state index in [0.717, 1.165) is 31.6 Å². The number of hydrogen-bond donors (Lipinski definition) is 2. The molecule has 0 radical (unpaired) electrons. The number of piperidine rings is 1. The van der Waals surface area contributed by atoms with Gasteiger partial charge in [-0.15, -0.1) is 11.3 Å². The van der Waals surface area contributed by atoms with Gasteiger partial charge in [-0.2, -0.15) is 0 Å². The largest absolute Gasteiger partial charge is 0.338 e. The van der Waals surface area contributed by atoms with Gasteiger partial charge in [0.15, 0.2) is 0 Å². The van der Waals surface area contributed by atoms with Crippen molar-refractivity contribution in [2.45, 2.75) is 31.3 Å². The summed E-state index contributed by atoms with van der Waals surface area (Å²) in [6.45, 7) is 3.75. The van der Waals surface area contributed by atoms with Crippen molar-refractivity contribution in [2.75, 3.05) is 40.3 Å². The highest BCUT2D eigenvalue weighted by atomic mass is 32.1. The van der Waals surface area contributed by atoms with Crippen LogP contribution in [0.4, 0.5) is 4.79 Å². The van der Waals surface area contributed by atoms with Gasteiger partial charge >= 0.3 is 6.03 Å². The van der Waals surface area contributed by atoms with E-state index >= 15 is 0 Å². The summed E-state index contributed by atoms with van der Waals surface area (Å²) in [4.78, 5) is 18.6. The van der Waals surface area contributed by atoms with Gasteiger partial charge < -0.3 is 20.4 Å². The normalized spacial score (nSPS) is 16.8. The summed E-state index contributed by atoms with van der Waals surface area (Å²) in [7, 11) is 4.37. The van der Waals surface area contributed by atoms with E-state index in [2.05, 4.69) is 58.1 Å². The molecule has 0 spiro atoms. The van der Waals surface area contributed by atoms with Crippen molar-refractivity contribution in [2.24, 2.45) is 0 Å². The van der Waals surface area contributed by atoms with E-state index in [4.69, 9.17) is 0 Å². The molecule has 1 saturated heterocycles. The third-order valence-electron chi connectivity index (χ3n) is 5.53. The van der Waals surface area contributed by atoms with Crippen LogP contribution in [-0.2, 0) is 6.42 Å². The number of nitrogens with one attached hydrogen (secondary N) is 2. The van der Waals surface area contributed by atoms with Crippen LogP contribution in [-0.4, -0.2) is 62.1 Å². The Bertz CT molecular complexity index is 699. The summed E-state index contributed by atoms with van der Waals surface area (Å²) in [6, 6.07) is 14.9. The summed E-state index contributed by atoms with van der Waals surface area (Å²) < 4.78 is 0. The summed E-state index contributed by atoms with van der Waals surface area (Å²) in [6.07, 6.45) is 3.24. The SMILES string of the molecule is CN1CCC(N(C)CC(NC(=O)NCCc2cccs2)c2ccccc2)CC1. The number of thiophene rings is 1. The Balaban J connectivity index is 1.55. The van der Waals surface area contributed by atoms with Gasteiger partial charge in [0.05, 0.1) is 6.04 Å². The number of carbonyl (C=O) groups excluding carboxylic acids is 1. The molecule has 0 saturated carbocycles. The molecule has 1 aliphatic heterocycles. The number of urea groups is 1. The summed E-state index contributed by atoms with van der Waals surface area (Å²) in [5.41, 5.74) is 1.15. The molecule has 28 heavy (non-hydrogen) atoms. The molecular weight excluding hydrogens is 368 g/mol. The topological polar surface area (TPSA) is 47.6 Å². The maximum Gasteiger partial charge on any atom is 0.315 e. The Hall–Kier alpha value is -1.89. The van der Waals surface area contributed by atoms with Gasteiger partial charge in [0.2, 0.25) is 0 Å². The first-order valence-corrected chi connectivity index (χ1v) is 11.0. The second kappa shape index (κ2) is 10.6. The fourth-order valence-corrected chi connectivity index (χ4v) is 4.46. The minimum atomic E-state index is -0.0952. The average molecular weight is 401 g/mol. The van der Waals surface area contributed by atoms with Crippen molar-refractivity contribution < 1.29 is 4.79 Å². The van der Waals surface area contributed by atoms with Crippen LogP contribution >= 0.6 is 11.3 Å². The molecule has 1 aromatic carbocycles. The lowest BCUT2D eigenvalue weighted by molar-refractivity contribution is 0.135. The Morgan fingerprint density at radius 1 is 1.21 bits per heavy atom. The molecule has 2 amide bonds. The highest BCUT2D eigenvalue weighted by Crippen LogP contribution is 2.19. The third kappa shape index (κ3) is 6.33. The predicted octanol–water partition coefficient (Wildman–Crippen LogP) is 3.36. The number of rotatable bonds is 8. The summed E-state index contributed by atoms with van der Waals surface area (Å²) in [5, 5.41) is 8.27. The van der Waals surface area contributed by atoms with Crippen LogP contribution in [0.5, 0.6) is 0 Å². The average Bonchev–Trinajstić information content (AvgIpc) is 3.22. The fourth-order valence-electron chi connectivity index (χ4n) is 3.76. The van der Waals surface area contributed by atoms with E-state index < -0.39 is 0 Å². The second-order valence-corrected chi connectivity index (χ2v) is 8.70. The smallest absolute Gasteiger partial charge is 0.315 e. The first-order valence-electron chi connectivity index (χ1n) is 10.1. The maximum absolute atomic E-state index is 12.5. The Labute approximate surface area is 172 Å². The minimum absolute atomic E-state index is 0.0207. The highest BCUT2D eigenvalue weighted by Gasteiger charge is 2.24. The van der Waals surface area contributed by atoms with E-state index in [0.29, 0.717) is 12.6 Å². The number of hydrogen-bond acceptors (Lipinski definition) is 4. The van der Waals surface area contributed by atoms with Gasteiger partial charge in [0, 0.05) is 24.0 Å². The van der Waals surface area contributed by atoms with E-state index in [1.807, 2.05) is 24.3 Å². The third-order valence-corrected chi connectivity index (χ3v) is 6.46. The van der Waals surface area contributed by atoms with Crippen LogP contribution < -0.4 is 10.6 Å². The van der Waals surface area contributed by atoms with Crippen molar-refractivity contribution in [1.82, 2.24) is 20.4 Å². The second-order valence-electron chi connectivity index (χ2n) is 7.67. The lowest BCUT2D eigenvalue weighted by Gasteiger charge is -2.37. The summed E-state index contributed by atoms with van der Waals surface area (Å²) >= 11 is 1.73. The van der Waals surface area contributed by atoms with Crippen LogP contribution in [0.25, 0.3) is 0 Å². The fraction of sp³-hybridized carbons (Fsp3) is 0.500. The molecule has 152 valence electrons. The monoisotopic (exact) mass is 400 g/mol. The van der Waals surface area contributed by atoms with Crippen molar-refractivity contribution in [3.8, 4) is 0 Å². The van der Waals surface area contributed by atoms with Crippen molar-refractivity contribution >= 4 is 17.4 Å². The molecule has 2 N–H and O–H groups in total. The van der Waals surface area contributed by atoms with Crippen LogP contribution in [0.3, 0.4) is 0 Å². The van der Waals surface area contributed by atoms with Gasteiger partial charge in [0.1, 0.15) is 0 Å². The molecule has 1 unspecified atom stereocenters. The van der Waals surface area contributed by atoms with Gasteiger partial charge in [-0.25, -0.2) is 4.79 Å². The quantitative estimate of drug-likeness (QED) is 0.714. The lowest BCUT2D eigenvalue weighted by atomic mass is 10.0. The lowest BCUT2D eigenvalue weighted by Crippen LogP contribution is -2.47. The molecule has 1 fully saturated rings. The van der Waals surface area contributed by atoms with E-state index in [9.17, 15) is 4.79 Å². The zero-order valence-electron chi connectivity index (χ0n) is 16.9. The minimum Gasteiger partial charge on any atom is -0.338 e. The molecule has 2 aromatic rings. The highest BCUT2D eigenvalue weighted by molar-refractivity contribution is 7.09. The molecule has 3 rings (SSSR count). The molecule has 1 aromatic heterocycles. The molecule has 0 bridgehead atoms. The summed E-state index contributed by atoms with van der Waals surface area (Å²) in [5.74, 6) is 0. The van der Waals surface area contributed by atoms with Crippen molar-refractivity contribution in [1.29, 1.82) is 0 Å². The van der Waals surface area contributed by atoms with Gasteiger partial charge in [-0.1, -0.05) is 36.4 Å². The van der Waals surface area contributed by atoms with E-state index in [1.165, 1.54) is 17.7 Å². The Kier molecular flexibility index (Phi) is 7.89. The maximum atomic E-state index is 12.5. The predicted molar refractivity (Wildman–Crippen MR) is 117 cm³/mol. The molecule has 5 nitrogen and oxygen atoms in total. The zero-order valence-corrected chi connectivity index (χ0v) is 17.8. The van der Waals surface area contributed by atoms with Crippen LogP contribution in [0, 0.1) is 0 Å². The molecule has 0 aliphatic carbocycles. The van der Waals surface area contributed by atoms with Crippen molar-refractivity contribution in [3.63, 3.8) is 0 Å². The van der Waals surface area contributed by atoms with Crippen molar-refractivity contribution in [3.05, 3.63) is 58.3 Å². The van der Waals surface area contributed by atoms with Crippen LogP contribution in [0.1, 0.15) is 29.3 Å². The first kappa shape index (κ1) is 20.8. The number of carbonyl (C=O) groups is 1. The van der Waals surface area contributed by atoms with Gasteiger partial charge in [0.25, 0.3) is 0 Å². The molecule has 6 heteroatoms. The molecule has 1 aliphatic rings. The number of likely N-dealkylation sites (tertiary alicyclic amines) is 1. The number of nitrogens with zero attached hydrogens (tertiary/aromatic N) is 2. The van der Waals surface area contributed by atoms with E-state index in [1.54, 1.807) is 11.3 Å². The van der Waals surface area contributed by atoms with Gasteiger partial charge in [-0.3, -0.25) is 0 Å². The zero-order chi connectivity index (χ0) is 19.8. The first-order chi connectivity index (χ1) is 13.6. The van der Waals surface area contributed by atoms with Gasteiger partial charge in [-0.05, 0) is 63.5 Å². The molecule has 2 heterocycles. The number of benzene rings is 1.